The summed E-state index contributed by atoms with van der Waals surface area (Å²) in [5.74, 6) is -6.54. The van der Waals surface area contributed by atoms with Gasteiger partial charge in [-0.25, -0.2) is 0 Å². The van der Waals surface area contributed by atoms with E-state index in [0.29, 0.717) is 5.56 Å². The summed E-state index contributed by atoms with van der Waals surface area (Å²) in [5, 5.41) is 43.9. The van der Waals surface area contributed by atoms with Crippen LogP contribution in [-0.4, -0.2) is 82.6 Å². The number of nitrogens with two attached hydrogens (primary N) is 1. The summed E-state index contributed by atoms with van der Waals surface area (Å²) >= 11 is 0. The van der Waals surface area contributed by atoms with Gasteiger partial charge in [-0.3, -0.25) is 19.3 Å². The second-order valence-electron chi connectivity index (χ2n) is 9.31. The second kappa shape index (κ2) is 8.30. The van der Waals surface area contributed by atoms with E-state index in [4.69, 9.17) is 5.73 Å². The van der Waals surface area contributed by atoms with Gasteiger partial charge in [0.25, 0.3) is 5.91 Å². The number of nitrogens with zero attached hydrogens (tertiary/aromatic N) is 2. The fraction of sp³-hybridized carbons (Fsp3) is 0.435. The number of anilines is 1. The molecule has 184 valence electrons. The van der Waals surface area contributed by atoms with Gasteiger partial charge in [0.2, 0.25) is 5.78 Å². The van der Waals surface area contributed by atoms with Crippen molar-refractivity contribution in [3.8, 4) is 5.75 Å². The number of phenols is 1. The Morgan fingerprint density at radius 2 is 1.74 bits per heavy atom. The molecule has 34 heavy (non-hydrogen) atoms. The van der Waals surface area contributed by atoms with Crippen molar-refractivity contribution in [2.75, 3.05) is 33.1 Å². The highest BCUT2D eigenvalue weighted by molar-refractivity contribution is 6.24. The average molecular weight is 494 g/mol. The number of aliphatic hydroxyl groups excluding tert-OH is 2. The zero-order chi connectivity index (χ0) is 24.6. The SMILES string of the molecule is CN(C)c1ccc(O)c2c1C[C@@H]1C[C@@H]3[C@@H](N(C)C)C(=O)C(C(N)=O)=C(O)[C@]3(O)C(=O)C1=C2O.Cl. The van der Waals surface area contributed by atoms with Crippen LogP contribution in [0.3, 0.4) is 0 Å². The van der Waals surface area contributed by atoms with E-state index in [-0.39, 0.29) is 42.1 Å². The number of primary amides is 1. The van der Waals surface area contributed by atoms with Gasteiger partial charge < -0.3 is 31.1 Å². The molecule has 0 unspecified atom stereocenters. The molecule has 4 rings (SSSR count). The molecule has 4 atom stereocenters. The number of aliphatic hydroxyl groups is 3. The van der Waals surface area contributed by atoms with Crippen molar-refractivity contribution in [1.29, 1.82) is 0 Å². The van der Waals surface area contributed by atoms with E-state index in [2.05, 4.69) is 0 Å². The number of Topliss-reactive ketones (excluding diaryl/α,β-unsaturated/α-hetero) is 2. The third-order valence-electron chi connectivity index (χ3n) is 7.06. The predicted octanol–water partition coefficient (Wildman–Crippen LogP) is 0.452. The normalized spacial score (nSPS) is 28.2. The van der Waals surface area contributed by atoms with Gasteiger partial charge in [-0.05, 0) is 50.6 Å². The molecule has 1 saturated carbocycles. The number of carbonyl (C=O) groups excluding carboxylic acids is 3. The highest BCUT2D eigenvalue weighted by Crippen LogP contribution is 2.53. The fourth-order valence-corrected chi connectivity index (χ4v) is 5.65. The standard InChI is InChI=1S/C23H27N3O7.ClH/c1-25(2)12-5-6-13(27)15-10(12)7-9-8-11-17(26(3)4)19(29)16(22(24)32)21(31)23(11,33)20(30)14(9)18(15)28;/h5-6,9,11,17,27-28,31,33H,7-8H2,1-4H3,(H2,24,32);1H/t9-,11-,17-,23-;/m1./s1. The van der Waals surface area contributed by atoms with E-state index < -0.39 is 58.0 Å². The molecule has 1 aromatic carbocycles. The molecule has 1 amide bonds. The molecule has 11 heteroatoms. The Labute approximate surface area is 202 Å². The summed E-state index contributed by atoms with van der Waals surface area (Å²) in [5.41, 5.74) is 3.15. The third-order valence-corrected chi connectivity index (χ3v) is 7.06. The number of amides is 1. The van der Waals surface area contributed by atoms with Crippen LogP contribution in [0.15, 0.2) is 29.0 Å². The van der Waals surface area contributed by atoms with Crippen LogP contribution < -0.4 is 10.6 Å². The fourth-order valence-electron chi connectivity index (χ4n) is 5.65. The number of aromatic hydroxyl groups is 1. The topological polar surface area (TPSA) is 165 Å². The van der Waals surface area contributed by atoms with E-state index in [0.717, 1.165) is 5.69 Å². The second-order valence-corrected chi connectivity index (χ2v) is 9.31. The monoisotopic (exact) mass is 493 g/mol. The van der Waals surface area contributed by atoms with Crippen molar-refractivity contribution in [3.63, 3.8) is 0 Å². The first-order chi connectivity index (χ1) is 15.3. The Morgan fingerprint density at radius 1 is 1.12 bits per heavy atom. The maximum Gasteiger partial charge on any atom is 0.255 e. The van der Waals surface area contributed by atoms with Crippen LogP contribution in [0, 0.1) is 11.8 Å². The van der Waals surface area contributed by atoms with E-state index >= 15 is 0 Å². The molecule has 0 bridgehead atoms. The van der Waals surface area contributed by atoms with Gasteiger partial charge in [0.15, 0.2) is 11.4 Å². The largest absolute Gasteiger partial charge is 0.508 e. The smallest absolute Gasteiger partial charge is 0.255 e. The van der Waals surface area contributed by atoms with Gasteiger partial charge >= 0.3 is 0 Å². The lowest BCUT2D eigenvalue weighted by molar-refractivity contribution is -0.153. The van der Waals surface area contributed by atoms with Crippen LogP contribution in [0.1, 0.15) is 17.5 Å². The number of halogens is 1. The lowest BCUT2D eigenvalue weighted by Crippen LogP contribution is -2.65. The molecule has 0 aromatic heterocycles. The lowest BCUT2D eigenvalue weighted by Gasteiger charge is -2.50. The molecule has 0 spiro atoms. The Bertz CT molecular complexity index is 1170. The van der Waals surface area contributed by atoms with Crippen molar-refractivity contribution in [2.45, 2.75) is 24.5 Å². The summed E-state index contributed by atoms with van der Waals surface area (Å²) in [7, 11) is 6.75. The summed E-state index contributed by atoms with van der Waals surface area (Å²) in [6.45, 7) is 0. The average Bonchev–Trinajstić information content (AvgIpc) is 2.70. The van der Waals surface area contributed by atoms with Crippen LogP contribution in [0.2, 0.25) is 0 Å². The summed E-state index contributed by atoms with van der Waals surface area (Å²) in [4.78, 5) is 42.0. The van der Waals surface area contributed by atoms with E-state index in [9.17, 15) is 34.8 Å². The van der Waals surface area contributed by atoms with Gasteiger partial charge in [-0.1, -0.05) is 0 Å². The molecule has 0 saturated heterocycles. The maximum absolute atomic E-state index is 13.7. The van der Waals surface area contributed by atoms with Crippen LogP contribution in [0.25, 0.3) is 5.76 Å². The van der Waals surface area contributed by atoms with Crippen LogP contribution in [-0.2, 0) is 20.8 Å². The molecular weight excluding hydrogens is 466 g/mol. The zero-order valence-corrected chi connectivity index (χ0v) is 20.0. The number of ketones is 2. The van der Waals surface area contributed by atoms with Crippen LogP contribution >= 0.6 is 12.4 Å². The van der Waals surface area contributed by atoms with Gasteiger partial charge in [-0.2, -0.15) is 0 Å². The molecule has 0 heterocycles. The van der Waals surface area contributed by atoms with Crippen molar-refractivity contribution in [1.82, 2.24) is 4.90 Å². The minimum atomic E-state index is -2.63. The molecule has 0 radical (unpaired) electrons. The minimum Gasteiger partial charge on any atom is -0.508 e. The quantitative estimate of drug-likeness (QED) is 0.376. The Morgan fingerprint density at radius 3 is 2.26 bits per heavy atom. The highest BCUT2D eigenvalue weighted by Gasteiger charge is 2.64. The number of likely N-dealkylation sites (N-methyl/N-ethyl adjacent to an activating group) is 1. The van der Waals surface area contributed by atoms with Crippen molar-refractivity contribution < 1.29 is 34.8 Å². The first-order valence-corrected chi connectivity index (χ1v) is 10.5. The summed E-state index contributed by atoms with van der Waals surface area (Å²) in [6, 6.07) is 2.01. The molecule has 0 aliphatic heterocycles. The van der Waals surface area contributed by atoms with Gasteiger partial charge in [0.1, 0.15) is 22.8 Å². The van der Waals surface area contributed by atoms with E-state index in [1.807, 2.05) is 19.0 Å². The number of benzene rings is 1. The first kappa shape index (κ1) is 25.5. The molecular formula is C23H28ClN3O7. The number of hydrogen-bond acceptors (Lipinski definition) is 9. The van der Waals surface area contributed by atoms with Crippen LogP contribution in [0.5, 0.6) is 5.75 Å². The summed E-state index contributed by atoms with van der Waals surface area (Å²) in [6.07, 6.45) is 0.324. The Balaban J connectivity index is 0.00000324. The molecule has 10 nitrogen and oxygen atoms in total. The van der Waals surface area contributed by atoms with Crippen LogP contribution in [0.4, 0.5) is 5.69 Å². The lowest BCUT2D eigenvalue weighted by atomic mass is 9.57. The number of carbonyl (C=O) groups is 3. The Hall–Kier alpha value is -3.08. The van der Waals surface area contributed by atoms with Gasteiger partial charge in [0, 0.05) is 31.3 Å². The van der Waals surface area contributed by atoms with Crippen molar-refractivity contribution >= 4 is 41.3 Å². The predicted molar refractivity (Wildman–Crippen MR) is 126 cm³/mol. The number of fused-ring (bicyclic) bond motifs is 3. The van der Waals surface area contributed by atoms with E-state index in [1.54, 1.807) is 20.2 Å². The number of hydrogen-bond donors (Lipinski definition) is 5. The number of rotatable bonds is 3. The highest BCUT2D eigenvalue weighted by atomic mass is 35.5. The third kappa shape index (κ3) is 3.20. The van der Waals surface area contributed by atoms with Crippen molar-refractivity contribution in [2.24, 2.45) is 17.6 Å². The molecule has 1 aromatic rings. The molecule has 1 fully saturated rings. The van der Waals surface area contributed by atoms with Crippen molar-refractivity contribution in [3.05, 3.63) is 40.2 Å². The zero-order valence-electron chi connectivity index (χ0n) is 19.2. The summed E-state index contributed by atoms with van der Waals surface area (Å²) < 4.78 is 0. The molecule has 3 aliphatic rings. The Kier molecular flexibility index (Phi) is 6.23. The molecule has 6 N–H and O–H groups in total. The maximum atomic E-state index is 13.7. The molecule has 3 aliphatic carbocycles. The van der Waals surface area contributed by atoms with Gasteiger partial charge in [0.05, 0.1) is 11.6 Å². The van der Waals surface area contributed by atoms with Gasteiger partial charge in [-0.15, -0.1) is 12.4 Å². The number of phenolic OH excluding ortho intramolecular Hbond substituents is 1. The minimum absolute atomic E-state index is 0. The first-order valence-electron chi connectivity index (χ1n) is 10.5. The van der Waals surface area contributed by atoms with E-state index in [1.165, 1.54) is 11.0 Å².